The Morgan fingerprint density at radius 2 is 2.03 bits per heavy atom. The molecule has 10 heteroatoms. The van der Waals surface area contributed by atoms with E-state index in [1.165, 1.54) is 23.9 Å². The molecule has 29 heavy (non-hydrogen) atoms. The van der Waals surface area contributed by atoms with Crippen molar-refractivity contribution in [2.45, 2.75) is 32.2 Å². The zero-order chi connectivity index (χ0) is 21.7. The van der Waals surface area contributed by atoms with Gasteiger partial charge in [0, 0.05) is 5.56 Å². The van der Waals surface area contributed by atoms with Crippen LogP contribution in [0.15, 0.2) is 18.2 Å². The van der Waals surface area contributed by atoms with E-state index in [2.05, 4.69) is 10.3 Å². The monoisotopic (exact) mass is 462 g/mol. The minimum absolute atomic E-state index is 0.0173. The number of anilines is 1. The second-order valence-corrected chi connectivity index (χ2v) is 8.24. The molecule has 0 saturated heterocycles. The number of hydrogen-bond acceptors (Lipinski definition) is 6. The van der Waals surface area contributed by atoms with Gasteiger partial charge in [0.15, 0.2) is 11.6 Å². The van der Waals surface area contributed by atoms with Crippen LogP contribution in [0.1, 0.15) is 31.7 Å². The fourth-order valence-corrected chi connectivity index (χ4v) is 3.44. The molecule has 0 radical (unpaired) electrons. The summed E-state index contributed by atoms with van der Waals surface area (Å²) in [5.74, 6) is -1.57. The van der Waals surface area contributed by atoms with Crippen LogP contribution in [0.25, 0.3) is 0 Å². The van der Waals surface area contributed by atoms with Crippen molar-refractivity contribution in [2.24, 2.45) is 0 Å². The van der Waals surface area contributed by atoms with Crippen molar-refractivity contribution in [2.75, 3.05) is 17.3 Å². The number of thioether (sulfide) groups is 1. The molecule has 0 amide bonds. The molecule has 6 nitrogen and oxygen atoms in total. The Bertz CT molecular complexity index is 899. The van der Waals surface area contributed by atoms with Crippen LogP contribution in [-0.4, -0.2) is 39.2 Å². The third-order valence-electron chi connectivity index (χ3n) is 4.06. The number of carbonyl (C=O) groups is 1. The summed E-state index contributed by atoms with van der Waals surface area (Å²) < 4.78 is 20.0. The number of ether oxygens (including phenoxy) is 1. The molecular formula is C19H21Cl2FN2O4S. The summed E-state index contributed by atoms with van der Waals surface area (Å²) in [4.78, 5) is 15.1. The first kappa shape index (κ1) is 23.4. The van der Waals surface area contributed by atoms with Crippen LogP contribution < -0.4 is 10.1 Å². The number of rotatable bonds is 9. The van der Waals surface area contributed by atoms with E-state index in [1.807, 2.05) is 20.1 Å². The number of aromatic nitrogens is 1. The normalized spacial score (nSPS) is 12.1. The molecule has 0 spiro atoms. The Morgan fingerprint density at radius 3 is 2.62 bits per heavy atom. The highest BCUT2D eigenvalue weighted by Gasteiger charge is 2.24. The number of hydrogen-bond donors (Lipinski definition) is 3. The molecule has 0 unspecified atom stereocenters. The minimum Gasteiger partial charge on any atom is -0.508 e. The molecule has 2 rings (SSSR count). The van der Waals surface area contributed by atoms with Gasteiger partial charge in [-0.2, -0.15) is 21.1 Å². The molecule has 2 aromatic rings. The first-order chi connectivity index (χ1) is 13.6. The number of phenols is 1. The standard InChI is InChI=1S/C19H21Cl2FN2O4S/c1-9(2)11-8-10(4-5-13(11)25)28-16-14(20)17(22)24-18(15(16)21)23-12(19(26)27)6-7-29-3/h4-5,8-9,12,25H,6-7H2,1-3H3,(H,23,24)(H,26,27)/t12-/m0/s1. The number of carboxylic acids is 1. The Morgan fingerprint density at radius 1 is 1.34 bits per heavy atom. The maximum Gasteiger partial charge on any atom is 0.326 e. The third-order valence-corrected chi connectivity index (χ3v) is 5.38. The molecule has 0 saturated carbocycles. The van der Waals surface area contributed by atoms with Crippen LogP contribution in [0, 0.1) is 5.95 Å². The molecule has 0 aliphatic heterocycles. The van der Waals surface area contributed by atoms with E-state index < -0.39 is 23.0 Å². The lowest BCUT2D eigenvalue weighted by atomic mass is 10.0. The van der Waals surface area contributed by atoms with E-state index in [-0.39, 0.29) is 40.4 Å². The summed E-state index contributed by atoms with van der Waals surface area (Å²) in [6.07, 6.45) is 2.13. The minimum atomic E-state index is -1.12. The number of nitrogens with one attached hydrogen (secondary N) is 1. The summed E-state index contributed by atoms with van der Waals surface area (Å²) in [6, 6.07) is 3.52. The second kappa shape index (κ2) is 10.2. The molecule has 0 bridgehead atoms. The molecule has 3 N–H and O–H groups in total. The van der Waals surface area contributed by atoms with Crippen molar-refractivity contribution in [3.8, 4) is 17.2 Å². The van der Waals surface area contributed by atoms with Crippen molar-refractivity contribution in [3.63, 3.8) is 0 Å². The van der Waals surface area contributed by atoms with Crippen molar-refractivity contribution in [1.29, 1.82) is 0 Å². The van der Waals surface area contributed by atoms with Crippen LogP contribution in [-0.2, 0) is 4.79 Å². The first-order valence-corrected chi connectivity index (χ1v) is 10.8. The number of benzene rings is 1. The van der Waals surface area contributed by atoms with Gasteiger partial charge in [-0.1, -0.05) is 37.0 Å². The Hall–Kier alpha value is -1.90. The van der Waals surface area contributed by atoms with Crippen molar-refractivity contribution < 1.29 is 24.1 Å². The highest BCUT2D eigenvalue weighted by atomic mass is 35.5. The summed E-state index contributed by atoms with van der Waals surface area (Å²) in [7, 11) is 0. The maximum absolute atomic E-state index is 14.3. The summed E-state index contributed by atoms with van der Waals surface area (Å²) in [5, 5.41) is 21.4. The van der Waals surface area contributed by atoms with Crippen LogP contribution in [0.5, 0.6) is 17.2 Å². The molecule has 0 aliphatic rings. The van der Waals surface area contributed by atoms with Crippen LogP contribution >= 0.6 is 35.0 Å². The van der Waals surface area contributed by atoms with Gasteiger partial charge in [0.25, 0.3) is 0 Å². The van der Waals surface area contributed by atoms with Crippen LogP contribution in [0.4, 0.5) is 10.2 Å². The van der Waals surface area contributed by atoms with Crippen molar-refractivity contribution >= 4 is 46.8 Å². The van der Waals surface area contributed by atoms with Gasteiger partial charge in [-0.3, -0.25) is 0 Å². The van der Waals surface area contributed by atoms with E-state index in [9.17, 15) is 19.4 Å². The Labute approximate surface area is 182 Å². The Balaban J connectivity index is 2.40. The fourth-order valence-electron chi connectivity index (χ4n) is 2.51. The SMILES string of the molecule is CSCC[C@H](Nc1nc(F)c(Cl)c(Oc2ccc(O)c(C(C)C)c2)c1Cl)C(=O)O. The predicted molar refractivity (Wildman–Crippen MR) is 115 cm³/mol. The Kier molecular flexibility index (Phi) is 8.24. The first-order valence-electron chi connectivity index (χ1n) is 8.69. The molecule has 1 aromatic heterocycles. The molecular weight excluding hydrogens is 442 g/mol. The average Bonchev–Trinajstić information content (AvgIpc) is 2.66. The summed E-state index contributed by atoms with van der Waals surface area (Å²) in [5.41, 5.74) is 0.630. The van der Waals surface area contributed by atoms with E-state index in [4.69, 9.17) is 27.9 Å². The van der Waals surface area contributed by atoms with E-state index in [0.29, 0.717) is 11.3 Å². The number of nitrogens with zero attached hydrogens (tertiary/aromatic N) is 1. The predicted octanol–water partition coefficient (Wildman–Crippen LogP) is 5.77. The van der Waals surface area contributed by atoms with Gasteiger partial charge in [0.1, 0.15) is 27.6 Å². The lowest BCUT2D eigenvalue weighted by molar-refractivity contribution is -0.137. The van der Waals surface area contributed by atoms with E-state index in [1.54, 1.807) is 6.07 Å². The lowest BCUT2D eigenvalue weighted by Crippen LogP contribution is -2.30. The van der Waals surface area contributed by atoms with Crippen LogP contribution in [0.2, 0.25) is 10.0 Å². The van der Waals surface area contributed by atoms with Crippen LogP contribution in [0.3, 0.4) is 0 Å². The highest BCUT2D eigenvalue weighted by molar-refractivity contribution is 7.98. The molecule has 158 valence electrons. The molecule has 1 atom stereocenters. The molecule has 1 aromatic carbocycles. The van der Waals surface area contributed by atoms with Gasteiger partial charge in [-0.25, -0.2) is 4.79 Å². The summed E-state index contributed by atoms with van der Waals surface area (Å²) in [6.45, 7) is 3.79. The topological polar surface area (TPSA) is 91.7 Å². The largest absolute Gasteiger partial charge is 0.508 e. The van der Waals surface area contributed by atoms with Gasteiger partial charge in [0.05, 0.1) is 0 Å². The summed E-state index contributed by atoms with van der Waals surface area (Å²) >= 11 is 13.8. The van der Waals surface area contributed by atoms with Gasteiger partial charge in [-0.15, -0.1) is 0 Å². The molecule has 1 heterocycles. The second-order valence-electron chi connectivity index (χ2n) is 6.50. The zero-order valence-corrected chi connectivity index (χ0v) is 18.3. The third kappa shape index (κ3) is 5.81. The number of pyridine rings is 1. The number of halogens is 3. The van der Waals surface area contributed by atoms with Gasteiger partial charge < -0.3 is 20.3 Å². The van der Waals surface area contributed by atoms with Gasteiger partial charge >= 0.3 is 5.97 Å². The van der Waals surface area contributed by atoms with Crippen molar-refractivity contribution in [3.05, 3.63) is 39.8 Å². The van der Waals surface area contributed by atoms with Crippen molar-refractivity contribution in [1.82, 2.24) is 4.98 Å². The number of aliphatic carboxylic acids is 1. The lowest BCUT2D eigenvalue weighted by Gasteiger charge is -2.18. The number of aromatic hydroxyl groups is 1. The fraction of sp³-hybridized carbons (Fsp3) is 0.368. The quantitative estimate of drug-likeness (QED) is 0.407. The smallest absolute Gasteiger partial charge is 0.326 e. The van der Waals surface area contributed by atoms with Gasteiger partial charge in [-0.05, 0) is 42.5 Å². The van der Waals surface area contributed by atoms with E-state index >= 15 is 0 Å². The zero-order valence-electron chi connectivity index (χ0n) is 16.0. The molecule has 0 aliphatic carbocycles. The van der Waals surface area contributed by atoms with Gasteiger partial charge in [0.2, 0.25) is 5.95 Å². The number of carboxylic acid groups (broad SMARTS) is 1. The number of phenolic OH excluding ortho intramolecular Hbond substituents is 1. The van der Waals surface area contributed by atoms with E-state index in [0.717, 1.165) is 0 Å². The highest BCUT2D eigenvalue weighted by Crippen LogP contribution is 2.42. The average molecular weight is 463 g/mol. The molecule has 0 fully saturated rings. The maximum atomic E-state index is 14.3.